The minimum Gasteiger partial charge on any atom is -0.383 e. The summed E-state index contributed by atoms with van der Waals surface area (Å²) in [5.74, 6) is -5.26. The van der Waals surface area contributed by atoms with E-state index in [0.29, 0.717) is 6.42 Å². The van der Waals surface area contributed by atoms with Crippen LogP contribution in [0.5, 0.6) is 0 Å². The number of carbonyl (C=O) groups excluding carboxylic acids is 1. The molecule has 2 N–H and O–H groups in total. The molecule has 1 aliphatic carbocycles. The van der Waals surface area contributed by atoms with Gasteiger partial charge < -0.3 is 10.4 Å². The summed E-state index contributed by atoms with van der Waals surface area (Å²) < 4.78 is 27.4. The number of nitrogens with zero attached hydrogens (tertiary/aromatic N) is 1. The zero-order valence-electron chi connectivity index (χ0n) is 9.91. The number of halogens is 2. The number of nitrogens with one attached hydrogen (secondary N) is 1. The molecule has 0 aromatic carbocycles. The Hall–Kier alpha value is -1.56. The second-order valence-electron chi connectivity index (χ2n) is 4.63. The van der Waals surface area contributed by atoms with Gasteiger partial charge in [-0.05, 0) is 37.8 Å². The number of pyridine rings is 1. The molecule has 1 aromatic rings. The smallest absolute Gasteiger partial charge is 0.352 e. The summed E-state index contributed by atoms with van der Waals surface area (Å²) in [4.78, 5) is 15.3. The van der Waals surface area contributed by atoms with Gasteiger partial charge >= 0.3 is 5.92 Å². The normalized spacial score (nSPS) is 18.0. The zero-order chi connectivity index (χ0) is 13.4. The van der Waals surface area contributed by atoms with Crippen molar-refractivity contribution in [2.75, 3.05) is 5.32 Å². The molecule has 1 fully saturated rings. The third-order valence-electron chi connectivity index (χ3n) is 3.20. The maximum Gasteiger partial charge on any atom is 0.352 e. The predicted octanol–water partition coefficient (Wildman–Crippen LogP) is 1.88. The number of alkyl halides is 2. The van der Waals surface area contributed by atoms with Crippen LogP contribution in [0.25, 0.3) is 0 Å². The molecule has 1 aliphatic rings. The molecule has 0 saturated heterocycles. The molecule has 0 spiro atoms. The fraction of sp³-hybridized carbons (Fsp3) is 0.500. The van der Waals surface area contributed by atoms with Crippen molar-refractivity contribution in [2.24, 2.45) is 0 Å². The number of anilines is 1. The first-order chi connectivity index (χ1) is 8.35. The van der Waals surface area contributed by atoms with Gasteiger partial charge in [0.25, 0.3) is 5.91 Å². The van der Waals surface area contributed by atoms with Crippen LogP contribution >= 0.6 is 0 Å². The Balaban J connectivity index is 2.09. The Morgan fingerprint density at radius 3 is 2.61 bits per heavy atom. The largest absolute Gasteiger partial charge is 0.383 e. The first-order valence-electron chi connectivity index (χ1n) is 5.69. The van der Waals surface area contributed by atoms with E-state index in [4.69, 9.17) is 0 Å². The summed E-state index contributed by atoms with van der Waals surface area (Å²) in [6.45, 7) is 1.80. The van der Waals surface area contributed by atoms with Gasteiger partial charge in [-0.3, -0.25) is 4.79 Å². The molecule has 1 heterocycles. The number of aliphatic hydroxyl groups is 1. The fourth-order valence-corrected chi connectivity index (χ4v) is 1.77. The van der Waals surface area contributed by atoms with Gasteiger partial charge in [0, 0.05) is 6.20 Å². The molecule has 1 saturated carbocycles. The van der Waals surface area contributed by atoms with Gasteiger partial charge in [0.1, 0.15) is 11.4 Å². The minimum atomic E-state index is -3.79. The summed E-state index contributed by atoms with van der Waals surface area (Å²) >= 11 is 0. The van der Waals surface area contributed by atoms with Gasteiger partial charge in [0.05, 0.1) is 0 Å². The Labute approximate surface area is 103 Å². The third kappa shape index (κ3) is 2.08. The highest BCUT2D eigenvalue weighted by Gasteiger charge is 2.61. The van der Waals surface area contributed by atoms with Crippen molar-refractivity contribution in [3.8, 4) is 0 Å². The Bertz CT molecular complexity index is 456. The lowest BCUT2D eigenvalue weighted by atomic mass is 9.75. The van der Waals surface area contributed by atoms with E-state index < -0.39 is 17.4 Å². The molecule has 18 heavy (non-hydrogen) atoms. The number of rotatable bonds is 3. The molecular weight excluding hydrogens is 242 g/mol. The summed E-state index contributed by atoms with van der Waals surface area (Å²) in [6, 6.07) is 3.09. The average molecular weight is 256 g/mol. The van der Waals surface area contributed by atoms with E-state index in [1.807, 2.05) is 5.32 Å². The number of hydrogen-bond donors (Lipinski definition) is 2. The van der Waals surface area contributed by atoms with Gasteiger partial charge in [0.15, 0.2) is 0 Å². The molecule has 6 heteroatoms. The standard InChI is InChI=1S/C12H14F2N2O2/c1-8-3-4-9(15-7-8)16-10(17)12(13,14)11(18)5-2-6-11/h3-4,7,18H,2,5-6H2,1H3,(H,15,16,17). The molecule has 0 unspecified atom stereocenters. The molecule has 4 nitrogen and oxygen atoms in total. The number of amides is 1. The van der Waals surface area contributed by atoms with Crippen LogP contribution in [0.4, 0.5) is 14.6 Å². The monoisotopic (exact) mass is 256 g/mol. The second-order valence-corrected chi connectivity index (χ2v) is 4.63. The van der Waals surface area contributed by atoms with Crippen molar-refractivity contribution >= 4 is 11.7 Å². The quantitative estimate of drug-likeness (QED) is 0.868. The van der Waals surface area contributed by atoms with E-state index in [0.717, 1.165) is 5.56 Å². The van der Waals surface area contributed by atoms with Crippen LogP contribution in [0.2, 0.25) is 0 Å². The highest BCUT2D eigenvalue weighted by Crippen LogP contribution is 2.44. The van der Waals surface area contributed by atoms with Gasteiger partial charge in [-0.1, -0.05) is 6.07 Å². The molecule has 0 bridgehead atoms. The van der Waals surface area contributed by atoms with Crippen LogP contribution in [0.15, 0.2) is 18.3 Å². The minimum absolute atomic E-state index is 0.0493. The summed E-state index contributed by atoms with van der Waals surface area (Å²) in [6.07, 6.45) is 1.84. The van der Waals surface area contributed by atoms with E-state index in [2.05, 4.69) is 4.98 Å². The first kappa shape index (κ1) is 12.9. The van der Waals surface area contributed by atoms with Gasteiger partial charge in [-0.25, -0.2) is 4.98 Å². The van der Waals surface area contributed by atoms with Crippen LogP contribution < -0.4 is 5.32 Å². The summed E-state index contributed by atoms with van der Waals surface area (Å²) in [7, 11) is 0. The van der Waals surface area contributed by atoms with Crippen molar-refractivity contribution in [1.29, 1.82) is 0 Å². The zero-order valence-corrected chi connectivity index (χ0v) is 9.91. The Kier molecular flexibility index (Phi) is 3.06. The van der Waals surface area contributed by atoms with Crippen LogP contribution in [-0.4, -0.2) is 27.5 Å². The molecule has 0 radical (unpaired) electrons. The molecular formula is C12H14F2N2O2. The molecule has 2 rings (SSSR count). The highest BCUT2D eigenvalue weighted by molar-refractivity contribution is 5.96. The van der Waals surface area contributed by atoms with Gasteiger partial charge in [-0.2, -0.15) is 8.78 Å². The molecule has 0 aliphatic heterocycles. The van der Waals surface area contributed by atoms with Crippen molar-refractivity contribution in [2.45, 2.75) is 37.7 Å². The maximum atomic E-state index is 13.7. The Morgan fingerprint density at radius 1 is 1.50 bits per heavy atom. The SMILES string of the molecule is Cc1ccc(NC(=O)C(F)(F)C2(O)CCC2)nc1. The number of carbonyl (C=O) groups is 1. The molecule has 1 amide bonds. The van der Waals surface area contributed by atoms with E-state index in [1.54, 1.807) is 13.0 Å². The maximum absolute atomic E-state index is 13.7. The lowest BCUT2D eigenvalue weighted by molar-refractivity contribution is -0.212. The fourth-order valence-electron chi connectivity index (χ4n) is 1.77. The number of aryl methyl sites for hydroxylation is 1. The lowest BCUT2D eigenvalue weighted by Crippen LogP contribution is -2.59. The predicted molar refractivity (Wildman–Crippen MR) is 61.4 cm³/mol. The van der Waals surface area contributed by atoms with Crippen LogP contribution in [-0.2, 0) is 4.79 Å². The summed E-state index contributed by atoms with van der Waals surface area (Å²) in [5, 5.41) is 11.6. The van der Waals surface area contributed by atoms with E-state index in [1.165, 1.54) is 12.3 Å². The van der Waals surface area contributed by atoms with E-state index in [-0.39, 0.29) is 18.7 Å². The molecule has 98 valence electrons. The summed E-state index contributed by atoms with van der Waals surface area (Å²) in [5.41, 5.74) is -1.35. The van der Waals surface area contributed by atoms with E-state index in [9.17, 15) is 18.7 Å². The van der Waals surface area contributed by atoms with Gasteiger partial charge in [0.2, 0.25) is 0 Å². The third-order valence-corrected chi connectivity index (χ3v) is 3.20. The van der Waals surface area contributed by atoms with Crippen molar-refractivity contribution in [3.63, 3.8) is 0 Å². The van der Waals surface area contributed by atoms with E-state index >= 15 is 0 Å². The topological polar surface area (TPSA) is 62.2 Å². The first-order valence-corrected chi connectivity index (χ1v) is 5.69. The van der Waals surface area contributed by atoms with Crippen molar-refractivity contribution in [1.82, 2.24) is 4.98 Å². The number of hydrogen-bond acceptors (Lipinski definition) is 3. The number of aromatic nitrogens is 1. The second kappa shape index (κ2) is 4.28. The van der Waals surface area contributed by atoms with Crippen LogP contribution in [0, 0.1) is 6.92 Å². The lowest BCUT2D eigenvalue weighted by Gasteiger charge is -2.41. The molecule has 0 atom stereocenters. The average Bonchev–Trinajstić information content (AvgIpc) is 2.28. The van der Waals surface area contributed by atoms with Crippen molar-refractivity contribution in [3.05, 3.63) is 23.9 Å². The van der Waals surface area contributed by atoms with Gasteiger partial charge in [-0.15, -0.1) is 0 Å². The van der Waals surface area contributed by atoms with Crippen LogP contribution in [0.3, 0.4) is 0 Å². The van der Waals surface area contributed by atoms with Crippen molar-refractivity contribution < 1.29 is 18.7 Å². The Morgan fingerprint density at radius 2 is 2.17 bits per heavy atom. The molecule has 1 aromatic heterocycles. The highest BCUT2D eigenvalue weighted by atomic mass is 19.3. The van der Waals surface area contributed by atoms with Crippen LogP contribution in [0.1, 0.15) is 24.8 Å².